The second-order valence-electron chi connectivity index (χ2n) is 2.83. The maximum absolute atomic E-state index is 11.5. The van der Waals surface area contributed by atoms with Crippen LogP contribution in [0.4, 0.5) is 0 Å². The van der Waals surface area contributed by atoms with Gasteiger partial charge in [-0.25, -0.2) is 0 Å². The molecule has 1 aromatic heterocycles. The number of carbonyl (C=O) groups excluding carboxylic acids is 1. The average Bonchev–Trinajstić information content (AvgIpc) is 2.60. The predicted octanol–water partition coefficient (Wildman–Crippen LogP) is 1.14. The van der Waals surface area contributed by atoms with Crippen LogP contribution < -0.4 is 5.32 Å². The zero-order valence-electron chi connectivity index (χ0n) is 7.77. The minimum Gasteiger partial charge on any atom is -0.353 e. The number of carbonyl (C=O) groups is 1. The minimum absolute atomic E-state index is 0.0844. The fourth-order valence-corrected chi connectivity index (χ4v) is 1.23. The molecule has 0 radical (unpaired) electrons. The largest absolute Gasteiger partial charge is 0.353 e. The molecule has 1 rings (SSSR count). The summed E-state index contributed by atoms with van der Waals surface area (Å²) in [5.74, 6) is 0.539. The highest BCUT2D eigenvalue weighted by molar-refractivity contribution is 7.80. The lowest BCUT2D eigenvalue weighted by atomic mass is 10.3. The Balaban J connectivity index is 2.56. The molecular weight excluding hydrogens is 222 g/mol. The summed E-state index contributed by atoms with van der Waals surface area (Å²) in [6, 6.07) is -0.345. The molecule has 78 valence electrons. The molecule has 0 fully saturated rings. The van der Waals surface area contributed by atoms with E-state index in [-0.39, 0.29) is 11.9 Å². The third-order valence-corrected chi connectivity index (χ3v) is 2.18. The Morgan fingerprint density at radius 3 is 3.07 bits per heavy atom. The lowest BCUT2D eigenvalue weighted by molar-refractivity contribution is -0.124. The third-order valence-electron chi connectivity index (χ3n) is 1.76. The molecular formula is C8H12ClN3OS. The van der Waals surface area contributed by atoms with Gasteiger partial charge in [0.25, 0.3) is 0 Å². The molecule has 4 nitrogen and oxygen atoms in total. The van der Waals surface area contributed by atoms with Gasteiger partial charge in [0.2, 0.25) is 5.91 Å². The molecule has 1 amide bonds. The number of hydrogen-bond acceptors (Lipinski definition) is 3. The summed E-state index contributed by atoms with van der Waals surface area (Å²) < 4.78 is 1.52. The molecule has 0 saturated heterocycles. The first-order chi connectivity index (χ1) is 6.65. The molecule has 0 aromatic carbocycles. The van der Waals surface area contributed by atoms with Gasteiger partial charge in [0.15, 0.2) is 0 Å². The number of hydrogen-bond donors (Lipinski definition) is 2. The van der Waals surface area contributed by atoms with Crippen LogP contribution in [0.1, 0.15) is 13.0 Å². The first kappa shape index (κ1) is 11.4. The molecule has 14 heavy (non-hydrogen) atoms. The van der Waals surface area contributed by atoms with Crippen molar-refractivity contribution >= 4 is 30.1 Å². The molecule has 1 heterocycles. The van der Waals surface area contributed by atoms with Crippen molar-refractivity contribution in [2.24, 2.45) is 0 Å². The number of rotatable bonds is 4. The van der Waals surface area contributed by atoms with Gasteiger partial charge in [0.05, 0.1) is 11.2 Å². The van der Waals surface area contributed by atoms with Crippen LogP contribution in [0.15, 0.2) is 12.4 Å². The van der Waals surface area contributed by atoms with Crippen LogP contribution >= 0.6 is 24.2 Å². The lowest BCUT2D eigenvalue weighted by Gasteiger charge is -2.11. The highest BCUT2D eigenvalue weighted by Gasteiger charge is 2.14. The molecule has 1 unspecified atom stereocenters. The van der Waals surface area contributed by atoms with Crippen LogP contribution in [0.3, 0.4) is 0 Å². The van der Waals surface area contributed by atoms with Crippen LogP contribution in [0.5, 0.6) is 0 Å². The van der Waals surface area contributed by atoms with Gasteiger partial charge >= 0.3 is 0 Å². The standard InChI is InChI=1S/C8H12ClN3OS/c1-6(8(13)10-2-3-14)12-5-7(9)4-11-12/h4-6,14H,2-3H2,1H3,(H,10,13). The molecule has 0 spiro atoms. The van der Waals surface area contributed by atoms with Crippen LogP contribution in [-0.2, 0) is 4.79 Å². The minimum atomic E-state index is -0.345. The van der Waals surface area contributed by atoms with Gasteiger partial charge in [0, 0.05) is 18.5 Å². The summed E-state index contributed by atoms with van der Waals surface area (Å²) in [7, 11) is 0. The Hall–Kier alpha value is -0.680. The van der Waals surface area contributed by atoms with Gasteiger partial charge < -0.3 is 5.32 Å². The lowest BCUT2D eigenvalue weighted by Crippen LogP contribution is -2.32. The molecule has 0 aliphatic rings. The molecule has 0 aliphatic heterocycles. The Morgan fingerprint density at radius 2 is 2.57 bits per heavy atom. The van der Waals surface area contributed by atoms with Crippen molar-refractivity contribution in [1.82, 2.24) is 15.1 Å². The molecule has 0 aliphatic carbocycles. The highest BCUT2D eigenvalue weighted by Crippen LogP contribution is 2.10. The van der Waals surface area contributed by atoms with Gasteiger partial charge in [-0.2, -0.15) is 17.7 Å². The Kier molecular flexibility index (Phi) is 4.28. The fourth-order valence-electron chi connectivity index (χ4n) is 0.974. The van der Waals surface area contributed by atoms with E-state index >= 15 is 0 Å². The smallest absolute Gasteiger partial charge is 0.244 e. The third kappa shape index (κ3) is 2.92. The van der Waals surface area contributed by atoms with Crippen molar-refractivity contribution in [2.45, 2.75) is 13.0 Å². The van der Waals surface area contributed by atoms with Crippen molar-refractivity contribution in [3.05, 3.63) is 17.4 Å². The van der Waals surface area contributed by atoms with Gasteiger partial charge in [-0.15, -0.1) is 0 Å². The Labute approximate surface area is 93.0 Å². The average molecular weight is 234 g/mol. The van der Waals surface area contributed by atoms with E-state index < -0.39 is 0 Å². The number of nitrogens with zero attached hydrogens (tertiary/aromatic N) is 2. The topological polar surface area (TPSA) is 46.9 Å². The monoisotopic (exact) mass is 233 g/mol. The maximum Gasteiger partial charge on any atom is 0.244 e. The molecule has 1 aromatic rings. The molecule has 1 atom stereocenters. The van der Waals surface area contributed by atoms with Crippen molar-refractivity contribution in [1.29, 1.82) is 0 Å². The normalized spacial score (nSPS) is 12.5. The number of aromatic nitrogens is 2. The molecule has 0 saturated carbocycles. The zero-order valence-corrected chi connectivity index (χ0v) is 9.42. The molecule has 6 heteroatoms. The number of nitrogens with one attached hydrogen (secondary N) is 1. The van der Waals surface area contributed by atoms with Gasteiger partial charge in [-0.3, -0.25) is 9.48 Å². The molecule has 1 N–H and O–H groups in total. The van der Waals surface area contributed by atoms with E-state index in [0.29, 0.717) is 17.3 Å². The van der Waals surface area contributed by atoms with E-state index in [4.69, 9.17) is 11.6 Å². The van der Waals surface area contributed by atoms with Crippen LogP contribution in [0, 0.1) is 0 Å². The van der Waals surface area contributed by atoms with E-state index in [2.05, 4.69) is 23.0 Å². The van der Waals surface area contributed by atoms with Crippen molar-refractivity contribution in [2.75, 3.05) is 12.3 Å². The van der Waals surface area contributed by atoms with E-state index in [0.717, 1.165) is 0 Å². The summed E-state index contributed by atoms with van der Waals surface area (Å²) in [6.45, 7) is 2.32. The summed E-state index contributed by atoms with van der Waals surface area (Å²) in [5, 5.41) is 7.20. The van der Waals surface area contributed by atoms with Crippen LogP contribution in [0.2, 0.25) is 5.02 Å². The second kappa shape index (κ2) is 5.26. The summed E-state index contributed by atoms with van der Waals surface area (Å²) in [4.78, 5) is 11.5. The Bertz CT molecular complexity index is 315. The quantitative estimate of drug-likeness (QED) is 0.767. The second-order valence-corrected chi connectivity index (χ2v) is 3.71. The van der Waals surface area contributed by atoms with E-state index in [9.17, 15) is 4.79 Å². The number of halogens is 1. The van der Waals surface area contributed by atoms with Crippen molar-refractivity contribution in [3.63, 3.8) is 0 Å². The zero-order chi connectivity index (χ0) is 10.6. The highest BCUT2D eigenvalue weighted by atomic mass is 35.5. The number of amides is 1. The first-order valence-electron chi connectivity index (χ1n) is 4.23. The summed E-state index contributed by atoms with van der Waals surface area (Å²) >= 11 is 9.68. The van der Waals surface area contributed by atoms with Crippen LogP contribution in [-0.4, -0.2) is 28.0 Å². The number of thiol groups is 1. The van der Waals surface area contributed by atoms with Crippen molar-refractivity contribution < 1.29 is 4.79 Å². The van der Waals surface area contributed by atoms with Gasteiger partial charge in [-0.1, -0.05) is 11.6 Å². The summed E-state index contributed by atoms with van der Waals surface area (Å²) in [5.41, 5.74) is 0. The van der Waals surface area contributed by atoms with Crippen molar-refractivity contribution in [3.8, 4) is 0 Å². The van der Waals surface area contributed by atoms with E-state index in [1.165, 1.54) is 10.9 Å². The van der Waals surface area contributed by atoms with Crippen LogP contribution in [0.25, 0.3) is 0 Å². The Morgan fingerprint density at radius 1 is 1.86 bits per heavy atom. The predicted molar refractivity (Wildman–Crippen MR) is 58.8 cm³/mol. The SMILES string of the molecule is CC(C(=O)NCCS)n1cc(Cl)cn1. The van der Waals surface area contributed by atoms with Gasteiger partial charge in [-0.05, 0) is 6.92 Å². The van der Waals surface area contributed by atoms with Gasteiger partial charge in [0.1, 0.15) is 6.04 Å². The maximum atomic E-state index is 11.5. The van der Waals surface area contributed by atoms with E-state index in [1.54, 1.807) is 13.1 Å². The fraction of sp³-hybridized carbons (Fsp3) is 0.500. The van der Waals surface area contributed by atoms with E-state index in [1.807, 2.05) is 0 Å². The molecule has 0 bridgehead atoms. The first-order valence-corrected chi connectivity index (χ1v) is 5.24. The summed E-state index contributed by atoms with van der Waals surface area (Å²) in [6.07, 6.45) is 3.12.